The van der Waals surface area contributed by atoms with Crippen LogP contribution in [0.4, 0.5) is 18.4 Å². The summed E-state index contributed by atoms with van der Waals surface area (Å²) in [5.74, 6) is 0. The van der Waals surface area contributed by atoms with Crippen molar-refractivity contribution in [1.29, 1.82) is 0 Å². The van der Waals surface area contributed by atoms with E-state index in [2.05, 4.69) is 10.1 Å². The second-order valence-corrected chi connectivity index (χ2v) is 5.02. The number of nitrogens with zero attached hydrogens (tertiary/aromatic N) is 2. The van der Waals surface area contributed by atoms with E-state index in [0.29, 0.717) is 6.54 Å². The first-order valence-corrected chi connectivity index (χ1v) is 6.34. The van der Waals surface area contributed by atoms with Crippen molar-refractivity contribution in [3.63, 3.8) is 0 Å². The summed E-state index contributed by atoms with van der Waals surface area (Å²) in [7, 11) is 0. The van der Waals surface area contributed by atoms with Gasteiger partial charge in [-0.25, -0.2) is 18.4 Å². The number of rotatable bonds is 3. The minimum atomic E-state index is -2.68. The zero-order valence-electron chi connectivity index (χ0n) is 11.0. The molecule has 2 rings (SSSR count). The molecule has 7 nitrogen and oxygen atoms in total. The van der Waals surface area contributed by atoms with E-state index in [1.165, 1.54) is 4.90 Å². The molecule has 0 saturated carbocycles. The van der Waals surface area contributed by atoms with Crippen LogP contribution in [0.3, 0.4) is 0 Å². The number of nitrogens with one attached hydrogen (secondary N) is 1. The minimum absolute atomic E-state index is 0.00431. The number of piperazine rings is 1. The molecule has 0 aromatic carbocycles. The van der Waals surface area contributed by atoms with Gasteiger partial charge in [-0.3, -0.25) is 4.90 Å². The molecule has 20 heavy (non-hydrogen) atoms. The summed E-state index contributed by atoms with van der Waals surface area (Å²) in [6.45, 7) is 1.99. The van der Waals surface area contributed by atoms with Crippen LogP contribution in [0.15, 0.2) is 0 Å². The quantitative estimate of drug-likeness (QED) is 0.788. The summed E-state index contributed by atoms with van der Waals surface area (Å²) >= 11 is 0. The number of carbonyl (C=O) groups is 2. The molecule has 1 unspecified atom stereocenters. The highest BCUT2D eigenvalue weighted by Crippen LogP contribution is 2.20. The highest BCUT2D eigenvalue weighted by atomic mass is 19.3. The molecule has 2 amide bonds. The molecular weight excluding hydrogens is 276 g/mol. The van der Waals surface area contributed by atoms with Gasteiger partial charge in [0, 0.05) is 31.7 Å². The monoisotopic (exact) mass is 293 g/mol. The number of carboxylic acid groups (broad SMARTS) is 1. The zero-order chi connectivity index (χ0) is 14.9. The summed E-state index contributed by atoms with van der Waals surface area (Å²) in [4.78, 5) is 24.7. The summed E-state index contributed by atoms with van der Waals surface area (Å²) in [6.07, 6.45) is -4.52. The highest BCUT2D eigenvalue weighted by molar-refractivity contribution is 5.70. The molecule has 2 fully saturated rings. The van der Waals surface area contributed by atoms with Gasteiger partial charge in [-0.05, 0) is 6.92 Å². The van der Waals surface area contributed by atoms with Crippen molar-refractivity contribution in [3.8, 4) is 0 Å². The van der Waals surface area contributed by atoms with Crippen LogP contribution in [0, 0.1) is 0 Å². The van der Waals surface area contributed by atoms with Crippen molar-refractivity contribution in [2.45, 2.75) is 31.5 Å². The zero-order valence-corrected chi connectivity index (χ0v) is 11.0. The molecule has 114 valence electrons. The van der Waals surface area contributed by atoms with E-state index in [1.54, 1.807) is 6.92 Å². The molecule has 2 aliphatic heterocycles. The van der Waals surface area contributed by atoms with Crippen molar-refractivity contribution in [2.75, 3.05) is 26.2 Å². The average molecular weight is 293 g/mol. The van der Waals surface area contributed by atoms with Crippen LogP contribution in [-0.2, 0) is 4.74 Å². The number of ether oxygens (including phenoxy) is 1. The summed E-state index contributed by atoms with van der Waals surface area (Å²) in [5.41, 5.74) is 0. The first kappa shape index (κ1) is 14.8. The predicted molar refractivity (Wildman–Crippen MR) is 63.8 cm³/mol. The van der Waals surface area contributed by atoms with E-state index in [9.17, 15) is 18.4 Å². The molecule has 0 bridgehead atoms. The van der Waals surface area contributed by atoms with Crippen molar-refractivity contribution in [1.82, 2.24) is 15.1 Å². The number of cyclic esters (lactones) is 1. The Kier molecular flexibility index (Phi) is 4.26. The number of hydrogen-bond donors (Lipinski definition) is 2. The van der Waals surface area contributed by atoms with E-state index in [4.69, 9.17) is 5.11 Å². The SMILES string of the molecule is C[C@@H]1CN[C@@H](CN2C(=O)OCC2C(F)F)CN1C(=O)O. The Morgan fingerprint density at radius 3 is 2.90 bits per heavy atom. The largest absolute Gasteiger partial charge is 0.465 e. The van der Waals surface area contributed by atoms with Crippen LogP contribution >= 0.6 is 0 Å². The van der Waals surface area contributed by atoms with Crippen LogP contribution in [0.2, 0.25) is 0 Å². The third-order valence-corrected chi connectivity index (χ3v) is 3.62. The molecule has 3 atom stereocenters. The summed E-state index contributed by atoms with van der Waals surface area (Å²) in [6, 6.07) is -1.84. The average Bonchev–Trinajstić information content (AvgIpc) is 2.73. The van der Waals surface area contributed by atoms with Gasteiger partial charge in [0.15, 0.2) is 0 Å². The molecule has 0 spiro atoms. The van der Waals surface area contributed by atoms with Gasteiger partial charge < -0.3 is 20.1 Å². The smallest absolute Gasteiger partial charge is 0.410 e. The first-order valence-electron chi connectivity index (χ1n) is 6.34. The fourth-order valence-electron chi connectivity index (χ4n) is 2.44. The van der Waals surface area contributed by atoms with Crippen molar-refractivity contribution in [2.24, 2.45) is 0 Å². The van der Waals surface area contributed by atoms with Crippen molar-refractivity contribution < 1.29 is 28.2 Å². The molecule has 2 saturated heterocycles. The van der Waals surface area contributed by atoms with E-state index >= 15 is 0 Å². The Hall–Kier alpha value is -1.64. The third kappa shape index (κ3) is 2.92. The van der Waals surface area contributed by atoms with E-state index < -0.39 is 24.7 Å². The Bertz CT molecular complexity index is 396. The second-order valence-electron chi connectivity index (χ2n) is 5.02. The maximum Gasteiger partial charge on any atom is 0.410 e. The minimum Gasteiger partial charge on any atom is -0.465 e. The number of hydrogen-bond acceptors (Lipinski definition) is 4. The lowest BCUT2D eigenvalue weighted by Crippen LogP contribution is -2.60. The lowest BCUT2D eigenvalue weighted by Gasteiger charge is -2.38. The molecular formula is C11H17F2N3O4. The maximum absolute atomic E-state index is 12.8. The van der Waals surface area contributed by atoms with Crippen LogP contribution in [0.25, 0.3) is 0 Å². The number of carbonyl (C=O) groups excluding carboxylic acids is 1. The second kappa shape index (κ2) is 5.78. The Morgan fingerprint density at radius 2 is 2.30 bits per heavy atom. The van der Waals surface area contributed by atoms with Gasteiger partial charge in [-0.2, -0.15) is 0 Å². The summed E-state index contributed by atoms with van der Waals surface area (Å²) < 4.78 is 30.2. The third-order valence-electron chi connectivity index (χ3n) is 3.62. The Labute approximate surface area is 114 Å². The van der Waals surface area contributed by atoms with Gasteiger partial charge in [0.05, 0.1) is 0 Å². The topological polar surface area (TPSA) is 82.1 Å². The molecule has 2 heterocycles. The Balaban J connectivity index is 1.98. The molecule has 0 aromatic heterocycles. The van der Waals surface area contributed by atoms with Crippen LogP contribution in [0.1, 0.15) is 6.92 Å². The van der Waals surface area contributed by atoms with E-state index in [-0.39, 0.29) is 31.8 Å². The Morgan fingerprint density at radius 1 is 1.60 bits per heavy atom. The van der Waals surface area contributed by atoms with Crippen LogP contribution in [-0.4, -0.2) is 77.9 Å². The number of alkyl halides is 2. The predicted octanol–water partition coefficient (Wildman–Crippen LogP) is 0.413. The molecule has 2 N–H and O–H groups in total. The fourth-order valence-corrected chi connectivity index (χ4v) is 2.44. The molecule has 0 aliphatic carbocycles. The van der Waals surface area contributed by atoms with Gasteiger partial charge in [0.1, 0.15) is 12.6 Å². The van der Waals surface area contributed by atoms with Crippen LogP contribution in [0.5, 0.6) is 0 Å². The van der Waals surface area contributed by atoms with Crippen molar-refractivity contribution >= 4 is 12.2 Å². The molecule has 2 aliphatic rings. The van der Waals surface area contributed by atoms with Gasteiger partial charge in [-0.15, -0.1) is 0 Å². The maximum atomic E-state index is 12.8. The van der Waals surface area contributed by atoms with Gasteiger partial charge in [-0.1, -0.05) is 0 Å². The normalized spacial score (nSPS) is 30.8. The summed E-state index contributed by atoms with van der Waals surface area (Å²) in [5, 5.41) is 12.1. The van der Waals surface area contributed by atoms with Gasteiger partial charge in [0.25, 0.3) is 6.43 Å². The molecule has 0 aromatic rings. The number of amides is 2. The standard InChI is InChI=1S/C11H17F2N3O4/c1-6-2-14-7(3-15(6)10(17)18)4-16-8(9(12)13)5-20-11(16)19/h6-9,14H,2-5H2,1H3,(H,17,18)/t6-,7-,8?/m1/s1. The number of halogens is 2. The van der Waals surface area contributed by atoms with Crippen molar-refractivity contribution in [3.05, 3.63) is 0 Å². The van der Waals surface area contributed by atoms with E-state index in [1.807, 2.05) is 0 Å². The molecule has 0 radical (unpaired) electrons. The lowest BCUT2D eigenvalue weighted by molar-refractivity contribution is 0.0490. The van der Waals surface area contributed by atoms with Gasteiger partial charge >= 0.3 is 12.2 Å². The fraction of sp³-hybridized carbons (Fsp3) is 0.818. The first-order chi connectivity index (χ1) is 9.40. The van der Waals surface area contributed by atoms with Gasteiger partial charge in [0.2, 0.25) is 0 Å². The van der Waals surface area contributed by atoms with E-state index in [0.717, 1.165) is 4.90 Å². The lowest BCUT2D eigenvalue weighted by atomic mass is 10.1. The molecule has 9 heteroatoms. The van der Waals surface area contributed by atoms with Crippen LogP contribution < -0.4 is 5.32 Å². The highest BCUT2D eigenvalue weighted by Gasteiger charge is 2.41.